The highest BCUT2D eigenvalue weighted by Gasteiger charge is 2.08. The minimum atomic E-state index is 0.457. The molecule has 0 amide bonds. The van der Waals surface area contributed by atoms with Gasteiger partial charge >= 0.3 is 0 Å². The van der Waals surface area contributed by atoms with E-state index in [1.165, 1.54) is 28.7 Å². The van der Waals surface area contributed by atoms with Crippen molar-refractivity contribution in [2.75, 3.05) is 6.54 Å². The molecule has 0 aliphatic carbocycles. The Morgan fingerprint density at radius 2 is 1.85 bits per heavy atom. The molecule has 2 aromatic rings. The summed E-state index contributed by atoms with van der Waals surface area (Å²) >= 11 is 0. The van der Waals surface area contributed by atoms with Gasteiger partial charge in [0, 0.05) is 24.0 Å². The Labute approximate surface area is 122 Å². The van der Waals surface area contributed by atoms with E-state index in [4.69, 9.17) is 0 Å². The third-order valence-electron chi connectivity index (χ3n) is 3.71. The fraction of sp³-hybridized carbons (Fsp3) is 0.389. The van der Waals surface area contributed by atoms with Gasteiger partial charge in [0.1, 0.15) is 0 Å². The number of nitrogens with one attached hydrogen (secondary N) is 1. The molecule has 0 radical (unpaired) electrons. The van der Waals surface area contributed by atoms with Crippen LogP contribution in [0, 0.1) is 6.92 Å². The molecule has 0 saturated carbocycles. The third-order valence-corrected chi connectivity index (χ3v) is 3.71. The van der Waals surface area contributed by atoms with Gasteiger partial charge in [-0.25, -0.2) is 0 Å². The Bertz CT molecular complexity index is 531. The smallest absolute Gasteiger partial charge is 0.0349 e. The van der Waals surface area contributed by atoms with Gasteiger partial charge in [-0.05, 0) is 49.1 Å². The van der Waals surface area contributed by atoms with E-state index in [2.05, 4.69) is 61.4 Å². The van der Waals surface area contributed by atoms with Gasteiger partial charge in [-0.2, -0.15) is 0 Å². The second kappa shape index (κ2) is 7.20. The van der Waals surface area contributed by atoms with Gasteiger partial charge in [0.2, 0.25) is 0 Å². The standard InChI is InChI=1S/C18H24N2/c1-4-11-20-18(5-2)16-8-6-15(7-9-16)17-13-19-12-10-14(17)3/h6-10,12-13,18,20H,4-5,11H2,1-3H3. The second-order valence-electron chi connectivity index (χ2n) is 5.23. The molecule has 106 valence electrons. The van der Waals surface area contributed by atoms with E-state index < -0.39 is 0 Å². The van der Waals surface area contributed by atoms with E-state index in [9.17, 15) is 0 Å². The number of nitrogens with zero attached hydrogens (tertiary/aromatic N) is 1. The number of rotatable bonds is 6. The van der Waals surface area contributed by atoms with Crippen LogP contribution in [-0.4, -0.2) is 11.5 Å². The summed E-state index contributed by atoms with van der Waals surface area (Å²) in [6.45, 7) is 7.63. The van der Waals surface area contributed by atoms with E-state index in [-0.39, 0.29) is 0 Å². The predicted octanol–water partition coefficient (Wildman–Crippen LogP) is 4.51. The van der Waals surface area contributed by atoms with Crippen LogP contribution in [-0.2, 0) is 0 Å². The summed E-state index contributed by atoms with van der Waals surface area (Å²) < 4.78 is 0. The molecular weight excluding hydrogens is 244 g/mol. The van der Waals surface area contributed by atoms with Crippen molar-refractivity contribution in [3.8, 4) is 11.1 Å². The van der Waals surface area contributed by atoms with Crippen molar-refractivity contribution < 1.29 is 0 Å². The van der Waals surface area contributed by atoms with Crippen LogP contribution in [0.25, 0.3) is 11.1 Å². The molecule has 1 aromatic heterocycles. The predicted molar refractivity (Wildman–Crippen MR) is 85.7 cm³/mol. The van der Waals surface area contributed by atoms with Crippen molar-refractivity contribution in [1.82, 2.24) is 10.3 Å². The van der Waals surface area contributed by atoms with Crippen molar-refractivity contribution >= 4 is 0 Å². The second-order valence-corrected chi connectivity index (χ2v) is 5.23. The van der Waals surface area contributed by atoms with Crippen molar-refractivity contribution in [1.29, 1.82) is 0 Å². The van der Waals surface area contributed by atoms with Crippen molar-refractivity contribution in [3.63, 3.8) is 0 Å². The van der Waals surface area contributed by atoms with Crippen LogP contribution in [0.2, 0.25) is 0 Å². The highest BCUT2D eigenvalue weighted by molar-refractivity contribution is 5.66. The fourth-order valence-electron chi connectivity index (χ4n) is 2.48. The summed E-state index contributed by atoms with van der Waals surface area (Å²) in [5.41, 5.74) is 5.09. The highest BCUT2D eigenvalue weighted by atomic mass is 14.9. The number of pyridine rings is 1. The topological polar surface area (TPSA) is 24.9 Å². The van der Waals surface area contributed by atoms with Crippen LogP contribution in [0.3, 0.4) is 0 Å². The molecule has 0 saturated heterocycles. The first-order valence-corrected chi connectivity index (χ1v) is 7.50. The highest BCUT2D eigenvalue weighted by Crippen LogP contribution is 2.25. The van der Waals surface area contributed by atoms with Crippen LogP contribution in [0.4, 0.5) is 0 Å². The van der Waals surface area contributed by atoms with Crippen molar-refractivity contribution in [3.05, 3.63) is 53.9 Å². The zero-order valence-corrected chi connectivity index (χ0v) is 12.7. The van der Waals surface area contributed by atoms with Crippen LogP contribution in [0.15, 0.2) is 42.7 Å². The van der Waals surface area contributed by atoms with Gasteiger partial charge in [0.15, 0.2) is 0 Å². The van der Waals surface area contributed by atoms with Crippen LogP contribution in [0.1, 0.15) is 43.9 Å². The lowest BCUT2D eigenvalue weighted by atomic mass is 9.98. The minimum Gasteiger partial charge on any atom is -0.310 e. The Kier molecular flexibility index (Phi) is 5.31. The average molecular weight is 268 g/mol. The summed E-state index contributed by atoms with van der Waals surface area (Å²) in [6, 6.07) is 11.4. The molecule has 2 nitrogen and oxygen atoms in total. The lowest BCUT2D eigenvalue weighted by molar-refractivity contribution is 0.518. The Morgan fingerprint density at radius 1 is 1.10 bits per heavy atom. The maximum Gasteiger partial charge on any atom is 0.0349 e. The van der Waals surface area contributed by atoms with E-state index in [1.807, 2.05) is 12.4 Å². The SMILES string of the molecule is CCCNC(CC)c1ccc(-c2cnccc2C)cc1. The van der Waals surface area contributed by atoms with Gasteiger partial charge < -0.3 is 5.32 Å². The molecule has 0 spiro atoms. The number of aryl methyl sites for hydroxylation is 1. The number of benzene rings is 1. The molecule has 0 fully saturated rings. The summed E-state index contributed by atoms with van der Waals surface area (Å²) in [6.07, 6.45) is 6.07. The van der Waals surface area contributed by atoms with Crippen LogP contribution in [0.5, 0.6) is 0 Å². The van der Waals surface area contributed by atoms with Crippen molar-refractivity contribution in [2.24, 2.45) is 0 Å². The van der Waals surface area contributed by atoms with E-state index in [1.54, 1.807) is 0 Å². The van der Waals surface area contributed by atoms with E-state index in [0.717, 1.165) is 13.0 Å². The first-order valence-electron chi connectivity index (χ1n) is 7.50. The van der Waals surface area contributed by atoms with Crippen LogP contribution >= 0.6 is 0 Å². The molecule has 1 unspecified atom stereocenters. The lowest BCUT2D eigenvalue weighted by Crippen LogP contribution is -2.21. The van der Waals surface area contributed by atoms with E-state index in [0.29, 0.717) is 6.04 Å². The summed E-state index contributed by atoms with van der Waals surface area (Å²) in [7, 11) is 0. The Morgan fingerprint density at radius 3 is 2.45 bits per heavy atom. The maximum atomic E-state index is 4.22. The number of hydrogen-bond donors (Lipinski definition) is 1. The Balaban J connectivity index is 2.19. The van der Waals surface area contributed by atoms with Crippen LogP contribution < -0.4 is 5.32 Å². The average Bonchev–Trinajstić information content (AvgIpc) is 2.49. The molecule has 2 heteroatoms. The molecule has 0 bridgehead atoms. The molecule has 0 aliphatic rings. The molecule has 1 N–H and O–H groups in total. The van der Waals surface area contributed by atoms with Gasteiger partial charge in [-0.15, -0.1) is 0 Å². The van der Waals surface area contributed by atoms with Gasteiger partial charge in [0.05, 0.1) is 0 Å². The first-order chi connectivity index (χ1) is 9.76. The summed E-state index contributed by atoms with van der Waals surface area (Å²) in [5, 5.41) is 3.59. The normalized spacial score (nSPS) is 12.3. The monoisotopic (exact) mass is 268 g/mol. The molecule has 2 rings (SSSR count). The third kappa shape index (κ3) is 3.45. The van der Waals surface area contributed by atoms with E-state index >= 15 is 0 Å². The molecule has 1 atom stereocenters. The number of hydrogen-bond acceptors (Lipinski definition) is 2. The first kappa shape index (κ1) is 14.7. The molecule has 1 aromatic carbocycles. The molecule has 20 heavy (non-hydrogen) atoms. The van der Waals surface area contributed by atoms with Crippen molar-refractivity contribution in [2.45, 2.75) is 39.7 Å². The zero-order valence-electron chi connectivity index (χ0n) is 12.7. The fourth-order valence-corrected chi connectivity index (χ4v) is 2.48. The zero-order chi connectivity index (χ0) is 14.4. The number of aromatic nitrogens is 1. The largest absolute Gasteiger partial charge is 0.310 e. The minimum absolute atomic E-state index is 0.457. The summed E-state index contributed by atoms with van der Waals surface area (Å²) in [4.78, 5) is 4.22. The Hall–Kier alpha value is -1.67. The molecule has 1 heterocycles. The maximum absolute atomic E-state index is 4.22. The van der Waals surface area contributed by atoms with Gasteiger partial charge in [-0.3, -0.25) is 4.98 Å². The molecule has 0 aliphatic heterocycles. The summed E-state index contributed by atoms with van der Waals surface area (Å²) in [5.74, 6) is 0. The van der Waals surface area contributed by atoms with Gasteiger partial charge in [-0.1, -0.05) is 38.1 Å². The van der Waals surface area contributed by atoms with Gasteiger partial charge in [0.25, 0.3) is 0 Å². The lowest BCUT2D eigenvalue weighted by Gasteiger charge is -2.17. The quantitative estimate of drug-likeness (QED) is 0.834. The molecular formula is C18H24N2.